The molecular weight excluding hydrogens is 306 g/mol. The molecule has 0 radical (unpaired) electrons. The number of benzene rings is 2. The second-order valence-electron chi connectivity index (χ2n) is 7.20. The summed E-state index contributed by atoms with van der Waals surface area (Å²) in [5, 5.41) is 3.40. The minimum absolute atomic E-state index is 0.165. The minimum atomic E-state index is -0.602. The van der Waals surface area contributed by atoms with E-state index in [4.69, 9.17) is 0 Å². The molecule has 2 nitrogen and oxygen atoms in total. The Balaban J connectivity index is 2.02. The lowest BCUT2D eigenvalue weighted by atomic mass is 9.70. The summed E-state index contributed by atoms with van der Waals surface area (Å²) in [4.78, 5) is 13.6. The highest BCUT2D eigenvalue weighted by Gasteiger charge is 2.41. The van der Waals surface area contributed by atoms with Gasteiger partial charge in [-0.3, -0.25) is 4.79 Å². The number of rotatable bonds is 6. The van der Waals surface area contributed by atoms with E-state index in [-0.39, 0.29) is 5.91 Å². The van der Waals surface area contributed by atoms with Crippen molar-refractivity contribution >= 4 is 5.91 Å². The lowest BCUT2D eigenvalue weighted by Crippen LogP contribution is -2.49. The number of hydrogen-bond donors (Lipinski definition) is 1. The van der Waals surface area contributed by atoms with Gasteiger partial charge < -0.3 is 5.32 Å². The smallest absolute Gasteiger partial charge is 0.235 e. The van der Waals surface area contributed by atoms with Crippen molar-refractivity contribution in [1.29, 1.82) is 0 Å². The fourth-order valence-electron chi connectivity index (χ4n) is 4.21. The highest BCUT2D eigenvalue weighted by atomic mass is 16.2. The van der Waals surface area contributed by atoms with Gasteiger partial charge in [0.15, 0.2) is 0 Å². The summed E-state index contributed by atoms with van der Waals surface area (Å²) >= 11 is 0. The normalized spacial score (nSPS) is 15.7. The zero-order valence-corrected chi connectivity index (χ0v) is 15.2. The third-order valence-electron chi connectivity index (χ3n) is 5.49. The standard InChI is InChI=1S/C23H29NO/c1-2-18-23(19-12-6-3-7-13-19,20-14-8-4-9-15-20)22(25)24-21-16-10-5-11-17-21/h3-4,6-9,12-15,21H,2,5,10-11,16-18H2,1H3,(H,24,25). The van der Waals surface area contributed by atoms with Crippen LogP contribution in [0.1, 0.15) is 63.0 Å². The minimum Gasteiger partial charge on any atom is -0.352 e. The van der Waals surface area contributed by atoms with E-state index in [0.29, 0.717) is 6.04 Å². The molecule has 1 saturated carbocycles. The van der Waals surface area contributed by atoms with Crippen LogP contribution in [0.5, 0.6) is 0 Å². The molecule has 0 unspecified atom stereocenters. The quantitative estimate of drug-likeness (QED) is 0.770. The molecule has 0 spiro atoms. The fraction of sp³-hybridized carbons (Fsp3) is 0.435. The second kappa shape index (κ2) is 8.33. The number of amides is 1. The van der Waals surface area contributed by atoms with E-state index in [1.54, 1.807) is 0 Å². The monoisotopic (exact) mass is 335 g/mol. The van der Waals surface area contributed by atoms with Crippen LogP contribution in [0.15, 0.2) is 60.7 Å². The molecule has 0 aromatic heterocycles. The summed E-state index contributed by atoms with van der Waals surface area (Å²) in [6, 6.07) is 20.9. The van der Waals surface area contributed by atoms with Crippen molar-refractivity contribution in [3.63, 3.8) is 0 Å². The first-order valence-corrected chi connectivity index (χ1v) is 9.69. The average Bonchev–Trinajstić information content (AvgIpc) is 2.68. The van der Waals surface area contributed by atoms with Crippen LogP contribution in [-0.4, -0.2) is 11.9 Å². The van der Waals surface area contributed by atoms with Crippen LogP contribution in [0.2, 0.25) is 0 Å². The van der Waals surface area contributed by atoms with E-state index in [0.717, 1.165) is 36.8 Å². The van der Waals surface area contributed by atoms with Crippen LogP contribution in [-0.2, 0) is 10.2 Å². The van der Waals surface area contributed by atoms with Crippen molar-refractivity contribution in [2.45, 2.75) is 63.3 Å². The lowest BCUT2D eigenvalue weighted by molar-refractivity contribution is -0.126. The van der Waals surface area contributed by atoms with E-state index in [9.17, 15) is 4.79 Å². The molecule has 132 valence electrons. The SMILES string of the molecule is CCCC(C(=O)NC1CCCCC1)(c1ccccc1)c1ccccc1. The molecule has 2 aromatic rings. The van der Waals surface area contributed by atoms with Gasteiger partial charge in [-0.15, -0.1) is 0 Å². The summed E-state index contributed by atoms with van der Waals surface area (Å²) in [6.07, 6.45) is 7.74. The molecule has 1 aliphatic rings. The van der Waals surface area contributed by atoms with E-state index in [2.05, 4.69) is 36.5 Å². The van der Waals surface area contributed by atoms with Crippen LogP contribution in [0.4, 0.5) is 0 Å². The fourth-order valence-corrected chi connectivity index (χ4v) is 4.21. The average molecular weight is 335 g/mol. The van der Waals surface area contributed by atoms with E-state index in [1.807, 2.05) is 36.4 Å². The summed E-state index contributed by atoms with van der Waals surface area (Å²) < 4.78 is 0. The maximum atomic E-state index is 13.6. The van der Waals surface area contributed by atoms with Gasteiger partial charge >= 0.3 is 0 Å². The van der Waals surface area contributed by atoms with Crippen molar-refractivity contribution in [2.75, 3.05) is 0 Å². The predicted molar refractivity (Wildman–Crippen MR) is 104 cm³/mol. The van der Waals surface area contributed by atoms with Crippen molar-refractivity contribution < 1.29 is 4.79 Å². The van der Waals surface area contributed by atoms with Crippen LogP contribution < -0.4 is 5.32 Å². The maximum absolute atomic E-state index is 13.6. The van der Waals surface area contributed by atoms with E-state index in [1.165, 1.54) is 19.3 Å². The zero-order chi connectivity index (χ0) is 17.5. The molecule has 0 aliphatic heterocycles. The van der Waals surface area contributed by atoms with Gasteiger partial charge in [0, 0.05) is 6.04 Å². The molecule has 1 N–H and O–H groups in total. The lowest BCUT2D eigenvalue weighted by Gasteiger charge is -2.36. The second-order valence-corrected chi connectivity index (χ2v) is 7.20. The molecule has 2 heteroatoms. The highest BCUT2D eigenvalue weighted by Crippen LogP contribution is 2.37. The molecule has 0 bridgehead atoms. The van der Waals surface area contributed by atoms with Gasteiger partial charge in [0.05, 0.1) is 5.41 Å². The summed E-state index contributed by atoms with van der Waals surface area (Å²) in [5.74, 6) is 0.165. The Morgan fingerprint density at radius 1 is 0.920 bits per heavy atom. The van der Waals surface area contributed by atoms with Crippen LogP contribution in [0.25, 0.3) is 0 Å². The topological polar surface area (TPSA) is 29.1 Å². The molecule has 1 amide bonds. The first-order valence-electron chi connectivity index (χ1n) is 9.69. The number of hydrogen-bond acceptors (Lipinski definition) is 1. The van der Waals surface area contributed by atoms with Crippen LogP contribution in [0.3, 0.4) is 0 Å². The first-order chi connectivity index (χ1) is 12.3. The molecule has 25 heavy (non-hydrogen) atoms. The van der Waals surface area contributed by atoms with Crippen LogP contribution >= 0.6 is 0 Å². The molecule has 0 heterocycles. The van der Waals surface area contributed by atoms with Crippen molar-refractivity contribution in [3.05, 3.63) is 71.8 Å². The van der Waals surface area contributed by atoms with Crippen molar-refractivity contribution in [2.24, 2.45) is 0 Å². The Bertz CT molecular complexity index is 620. The Morgan fingerprint density at radius 3 is 1.92 bits per heavy atom. The van der Waals surface area contributed by atoms with Gasteiger partial charge in [-0.05, 0) is 30.4 Å². The van der Waals surface area contributed by atoms with Crippen molar-refractivity contribution in [1.82, 2.24) is 5.32 Å². The van der Waals surface area contributed by atoms with E-state index < -0.39 is 5.41 Å². The number of carbonyl (C=O) groups excluding carboxylic acids is 1. The molecule has 0 atom stereocenters. The molecule has 3 rings (SSSR count). The molecule has 1 aliphatic carbocycles. The summed E-state index contributed by atoms with van der Waals surface area (Å²) in [7, 11) is 0. The number of carbonyl (C=O) groups is 1. The largest absolute Gasteiger partial charge is 0.352 e. The van der Waals surface area contributed by atoms with Gasteiger partial charge in [-0.2, -0.15) is 0 Å². The van der Waals surface area contributed by atoms with Crippen LogP contribution in [0, 0.1) is 0 Å². The Morgan fingerprint density at radius 2 is 1.44 bits per heavy atom. The first kappa shape index (κ1) is 17.7. The van der Waals surface area contributed by atoms with Gasteiger partial charge in [-0.1, -0.05) is 93.3 Å². The maximum Gasteiger partial charge on any atom is 0.235 e. The molecule has 1 fully saturated rings. The summed E-state index contributed by atoms with van der Waals surface area (Å²) in [6.45, 7) is 2.16. The Hall–Kier alpha value is -2.09. The third-order valence-corrected chi connectivity index (χ3v) is 5.49. The van der Waals surface area contributed by atoms with Crippen molar-refractivity contribution in [3.8, 4) is 0 Å². The Labute approximate surface area is 151 Å². The van der Waals surface area contributed by atoms with Gasteiger partial charge in [0.2, 0.25) is 5.91 Å². The third kappa shape index (κ3) is 3.78. The van der Waals surface area contributed by atoms with E-state index >= 15 is 0 Å². The number of nitrogens with one attached hydrogen (secondary N) is 1. The summed E-state index contributed by atoms with van der Waals surface area (Å²) in [5.41, 5.74) is 1.59. The molecule has 0 saturated heterocycles. The zero-order valence-electron chi connectivity index (χ0n) is 15.2. The highest BCUT2D eigenvalue weighted by molar-refractivity contribution is 5.92. The molecule has 2 aromatic carbocycles. The van der Waals surface area contributed by atoms with Gasteiger partial charge in [0.1, 0.15) is 0 Å². The molecular formula is C23H29NO. The predicted octanol–water partition coefficient (Wildman–Crippen LogP) is 5.22. The van der Waals surface area contributed by atoms with Gasteiger partial charge in [0.25, 0.3) is 0 Å². The van der Waals surface area contributed by atoms with Gasteiger partial charge in [-0.25, -0.2) is 0 Å². The Kier molecular flexibility index (Phi) is 5.91.